The molecule has 0 fully saturated rings. The van der Waals surface area contributed by atoms with E-state index in [9.17, 15) is 4.79 Å². The molecule has 0 aliphatic rings. The highest BCUT2D eigenvalue weighted by Gasteiger charge is 2.26. The van der Waals surface area contributed by atoms with Crippen molar-refractivity contribution in [2.24, 2.45) is 11.8 Å². The highest BCUT2D eigenvalue weighted by molar-refractivity contribution is 5.84. The molecule has 0 unspecified atom stereocenters. The second-order valence-electron chi connectivity index (χ2n) is 7.23. The Morgan fingerprint density at radius 1 is 0.833 bits per heavy atom. The summed E-state index contributed by atoms with van der Waals surface area (Å²) in [4.78, 5) is 13.0. The Morgan fingerprint density at radius 3 is 1.79 bits per heavy atom. The summed E-state index contributed by atoms with van der Waals surface area (Å²) >= 11 is 0. The Labute approximate surface area is 146 Å². The number of carbonyl (C=O) groups is 1. The molecule has 0 aromatic heterocycles. The van der Waals surface area contributed by atoms with Crippen LogP contribution in [-0.4, -0.2) is 5.91 Å². The molecule has 2 nitrogen and oxygen atoms in total. The van der Waals surface area contributed by atoms with Gasteiger partial charge in [-0.25, -0.2) is 0 Å². The zero-order valence-corrected chi connectivity index (χ0v) is 15.2. The Hall–Kier alpha value is -2.09. The first-order valence-electron chi connectivity index (χ1n) is 8.89. The van der Waals surface area contributed by atoms with Crippen molar-refractivity contribution < 1.29 is 4.79 Å². The summed E-state index contributed by atoms with van der Waals surface area (Å²) in [5.74, 6) is 0.767. The minimum Gasteiger partial charge on any atom is -0.349 e. The molecule has 0 radical (unpaired) electrons. The predicted octanol–water partition coefficient (Wildman–Crippen LogP) is 5.33. The van der Waals surface area contributed by atoms with Crippen LogP contribution in [0.1, 0.15) is 57.2 Å². The Morgan fingerprint density at radius 2 is 1.33 bits per heavy atom. The zero-order chi connectivity index (χ0) is 17.5. The topological polar surface area (TPSA) is 29.1 Å². The van der Waals surface area contributed by atoms with Gasteiger partial charge in [0, 0.05) is 0 Å². The minimum absolute atomic E-state index is 0.0589. The quantitative estimate of drug-likeness (QED) is 0.733. The van der Waals surface area contributed by atoms with Crippen LogP contribution >= 0.6 is 0 Å². The van der Waals surface area contributed by atoms with E-state index in [-0.39, 0.29) is 23.8 Å². The van der Waals surface area contributed by atoms with Gasteiger partial charge in [-0.15, -0.1) is 0 Å². The average Bonchev–Trinajstić information content (AvgIpc) is 2.55. The van der Waals surface area contributed by atoms with E-state index in [4.69, 9.17) is 0 Å². The molecule has 2 rings (SSSR count). The fourth-order valence-electron chi connectivity index (χ4n) is 3.20. The molecule has 0 heterocycles. The first kappa shape index (κ1) is 18.3. The van der Waals surface area contributed by atoms with Gasteiger partial charge in [-0.05, 0) is 29.4 Å². The normalized spacial score (nSPS) is 13.8. The van der Waals surface area contributed by atoms with Crippen LogP contribution in [0, 0.1) is 11.8 Å². The zero-order valence-electron chi connectivity index (χ0n) is 15.2. The van der Waals surface area contributed by atoms with Gasteiger partial charge in [0.2, 0.25) is 5.91 Å². The number of nitrogens with one attached hydrogen (secondary N) is 1. The second-order valence-corrected chi connectivity index (χ2v) is 7.23. The van der Waals surface area contributed by atoms with Crippen molar-refractivity contribution in [2.75, 3.05) is 0 Å². The van der Waals surface area contributed by atoms with Crippen molar-refractivity contribution in [1.29, 1.82) is 0 Å². The van der Waals surface area contributed by atoms with Gasteiger partial charge in [0.15, 0.2) is 0 Å². The molecule has 1 N–H and O–H groups in total. The van der Waals surface area contributed by atoms with E-state index < -0.39 is 0 Å². The van der Waals surface area contributed by atoms with Crippen LogP contribution in [0.4, 0.5) is 0 Å². The molecular formula is C22H29NO. The Kier molecular flexibility index (Phi) is 6.60. The first-order valence-corrected chi connectivity index (χ1v) is 8.89. The molecule has 0 aliphatic carbocycles. The molecule has 128 valence electrons. The van der Waals surface area contributed by atoms with Crippen LogP contribution < -0.4 is 5.32 Å². The van der Waals surface area contributed by atoms with Gasteiger partial charge in [-0.2, -0.15) is 0 Å². The molecule has 1 amide bonds. The van der Waals surface area contributed by atoms with Crippen molar-refractivity contribution in [3.8, 4) is 0 Å². The number of amides is 1. The molecule has 0 spiro atoms. The maximum Gasteiger partial charge on any atom is 0.228 e. The highest BCUT2D eigenvalue weighted by Crippen LogP contribution is 2.27. The number of hydrogen-bond acceptors (Lipinski definition) is 1. The van der Waals surface area contributed by atoms with E-state index in [1.165, 1.54) is 5.56 Å². The Bertz CT molecular complexity index is 619. The minimum atomic E-state index is -0.121. The van der Waals surface area contributed by atoms with Crippen LogP contribution in [0.5, 0.6) is 0 Å². The lowest BCUT2D eigenvalue weighted by Gasteiger charge is -2.26. The standard InChI is InChI=1S/C22H29NO/c1-16(2)15-20(18-11-7-5-8-12-18)23-22(24)21(17(3)4)19-13-9-6-10-14-19/h5-14,16-17,20-21H,15H2,1-4H3,(H,23,24)/t20-,21-/m1/s1. The molecular weight excluding hydrogens is 294 g/mol. The molecule has 2 aromatic rings. The van der Waals surface area contributed by atoms with E-state index in [2.05, 4.69) is 45.1 Å². The summed E-state index contributed by atoms with van der Waals surface area (Å²) in [6.45, 7) is 8.60. The third-order valence-electron chi connectivity index (χ3n) is 4.33. The molecule has 0 aliphatic heterocycles. The summed E-state index contributed by atoms with van der Waals surface area (Å²) in [5, 5.41) is 3.31. The van der Waals surface area contributed by atoms with Gasteiger partial charge in [-0.3, -0.25) is 4.79 Å². The van der Waals surface area contributed by atoms with Crippen molar-refractivity contribution in [1.82, 2.24) is 5.32 Å². The monoisotopic (exact) mass is 323 g/mol. The molecule has 2 heteroatoms. The van der Waals surface area contributed by atoms with Gasteiger partial charge in [0.1, 0.15) is 0 Å². The van der Waals surface area contributed by atoms with Gasteiger partial charge >= 0.3 is 0 Å². The summed E-state index contributed by atoms with van der Waals surface area (Å²) in [5.41, 5.74) is 2.26. The van der Waals surface area contributed by atoms with E-state index in [0.717, 1.165) is 12.0 Å². The first-order chi connectivity index (χ1) is 11.5. The summed E-state index contributed by atoms with van der Waals surface area (Å²) in [6.07, 6.45) is 0.940. The van der Waals surface area contributed by atoms with Crippen LogP contribution in [0.3, 0.4) is 0 Å². The van der Waals surface area contributed by atoms with Crippen molar-refractivity contribution in [2.45, 2.75) is 46.1 Å². The fourth-order valence-corrected chi connectivity index (χ4v) is 3.20. The largest absolute Gasteiger partial charge is 0.349 e. The van der Waals surface area contributed by atoms with Gasteiger partial charge in [-0.1, -0.05) is 88.4 Å². The van der Waals surface area contributed by atoms with E-state index >= 15 is 0 Å². The lowest BCUT2D eigenvalue weighted by atomic mass is 9.87. The Balaban J connectivity index is 2.22. The third kappa shape index (κ3) is 4.95. The van der Waals surface area contributed by atoms with Crippen LogP contribution in [0.25, 0.3) is 0 Å². The smallest absolute Gasteiger partial charge is 0.228 e. The van der Waals surface area contributed by atoms with Gasteiger partial charge in [0.05, 0.1) is 12.0 Å². The molecule has 0 saturated heterocycles. The van der Waals surface area contributed by atoms with E-state index in [1.54, 1.807) is 0 Å². The van der Waals surface area contributed by atoms with E-state index in [0.29, 0.717) is 5.92 Å². The molecule has 2 aromatic carbocycles. The lowest BCUT2D eigenvalue weighted by molar-refractivity contribution is -0.124. The average molecular weight is 323 g/mol. The van der Waals surface area contributed by atoms with Crippen LogP contribution in [0.2, 0.25) is 0 Å². The van der Waals surface area contributed by atoms with Crippen molar-refractivity contribution >= 4 is 5.91 Å². The SMILES string of the molecule is CC(C)C[C@@H](NC(=O)[C@@H](c1ccccc1)C(C)C)c1ccccc1. The van der Waals surface area contributed by atoms with Crippen molar-refractivity contribution in [3.05, 3.63) is 71.8 Å². The number of benzene rings is 2. The summed E-state index contributed by atoms with van der Waals surface area (Å²) in [7, 11) is 0. The molecule has 24 heavy (non-hydrogen) atoms. The maximum absolute atomic E-state index is 13.0. The van der Waals surface area contributed by atoms with Gasteiger partial charge < -0.3 is 5.32 Å². The highest BCUT2D eigenvalue weighted by atomic mass is 16.2. The summed E-state index contributed by atoms with van der Waals surface area (Å²) in [6, 6.07) is 20.4. The number of carbonyl (C=O) groups excluding carboxylic acids is 1. The van der Waals surface area contributed by atoms with Gasteiger partial charge in [0.25, 0.3) is 0 Å². The van der Waals surface area contributed by atoms with E-state index in [1.807, 2.05) is 48.5 Å². The maximum atomic E-state index is 13.0. The second kappa shape index (κ2) is 8.68. The third-order valence-corrected chi connectivity index (χ3v) is 4.33. The number of rotatable bonds is 7. The van der Waals surface area contributed by atoms with Crippen LogP contribution in [0.15, 0.2) is 60.7 Å². The molecule has 0 saturated carbocycles. The summed E-state index contributed by atoms with van der Waals surface area (Å²) < 4.78 is 0. The lowest BCUT2D eigenvalue weighted by Crippen LogP contribution is -2.35. The molecule has 2 atom stereocenters. The molecule has 0 bridgehead atoms. The van der Waals surface area contributed by atoms with Crippen molar-refractivity contribution in [3.63, 3.8) is 0 Å². The van der Waals surface area contributed by atoms with Crippen LogP contribution in [-0.2, 0) is 4.79 Å². The number of hydrogen-bond donors (Lipinski definition) is 1. The fraction of sp³-hybridized carbons (Fsp3) is 0.409. The predicted molar refractivity (Wildman–Crippen MR) is 101 cm³/mol.